The Morgan fingerprint density at radius 3 is 2.52 bits per heavy atom. The van der Waals surface area contributed by atoms with Gasteiger partial charge in [0.25, 0.3) is 0 Å². The van der Waals surface area contributed by atoms with Crippen LogP contribution < -0.4 is 16.0 Å². The summed E-state index contributed by atoms with van der Waals surface area (Å²) in [6, 6.07) is 11.0. The van der Waals surface area contributed by atoms with Crippen molar-refractivity contribution in [1.82, 2.24) is 15.1 Å². The molecule has 3 N–H and O–H groups in total. The second-order valence-electron chi connectivity index (χ2n) is 5.55. The molecule has 0 aliphatic rings. The van der Waals surface area contributed by atoms with Crippen LogP contribution in [0.3, 0.4) is 0 Å². The molecular weight excluding hydrogens is 320 g/mol. The number of amides is 1. The highest BCUT2D eigenvalue weighted by atomic mass is 16.5. The Labute approximate surface area is 144 Å². The summed E-state index contributed by atoms with van der Waals surface area (Å²) >= 11 is 0. The summed E-state index contributed by atoms with van der Waals surface area (Å²) < 4.78 is 5.02. The molecule has 3 aromatic rings. The molecule has 1 amide bonds. The Hall–Kier alpha value is -3.42. The Kier molecular flexibility index (Phi) is 4.60. The fraction of sp³-hybridized carbons (Fsp3) is 0.176. The lowest BCUT2D eigenvalue weighted by molar-refractivity contribution is -0.114. The van der Waals surface area contributed by atoms with Crippen LogP contribution >= 0.6 is 0 Å². The van der Waals surface area contributed by atoms with E-state index in [0.717, 1.165) is 11.4 Å². The van der Waals surface area contributed by atoms with Crippen LogP contribution in [0.2, 0.25) is 0 Å². The monoisotopic (exact) mass is 338 g/mol. The van der Waals surface area contributed by atoms with Gasteiger partial charge in [-0.2, -0.15) is 4.98 Å². The number of aryl methyl sites for hydroxylation is 2. The molecule has 0 aliphatic heterocycles. The molecule has 0 unspecified atom stereocenters. The number of nitrogens with zero attached hydrogens (tertiary/aromatic N) is 3. The zero-order valence-corrected chi connectivity index (χ0v) is 14.1. The van der Waals surface area contributed by atoms with E-state index in [2.05, 4.69) is 31.1 Å². The normalized spacial score (nSPS) is 10.4. The number of nitrogens with one attached hydrogen (secondary N) is 3. The SMILES string of the molecule is CC(=O)Nc1cccc(Nc2cc(C)nc(Nc3cc(C)on3)n2)c1. The van der Waals surface area contributed by atoms with Crippen molar-refractivity contribution in [3.63, 3.8) is 0 Å². The summed E-state index contributed by atoms with van der Waals surface area (Å²) in [4.78, 5) is 19.9. The van der Waals surface area contributed by atoms with Crippen LogP contribution in [0, 0.1) is 13.8 Å². The summed E-state index contributed by atoms with van der Waals surface area (Å²) in [5.41, 5.74) is 2.30. The molecule has 0 saturated carbocycles. The first-order valence-electron chi connectivity index (χ1n) is 7.68. The Bertz CT molecular complexity index is 906. The molecule has 2 heterocycles. The number of benzene rings is 1. The fourth-order valence-corrected chi connectivity index (χ4v) is 2.25. The van der Waals surface area contributed by atoms with Crippen molar-refractivity contribution >= 4 is 34.9 Å². The number of hydrogen-bond acceptors (Lipinski definition) is 7. The van der Waals surface area contributed by atoms with Gasteiger partial charge in [-0.25, -0.2) is 4.98 Å². The molecule has 0 bridgehead atoms. The summed E-state index contributed by atoms with van der Waals surface area (Å²) in [5.74, 6) is 2.15. The number of aromatic nitrogens is 3. The van der Waals surface area contributed by atoms with Crippen molar-refractivity contribution in [2.45, 2.75) is 20.8 Å². The number of carbonyl (C=O) groups is 1. The van der Waals surface area contributed by atoms with E-state index in [-0.39, 0.29) is 5.91 Å². The Balaban J connectivity index is 1.79. The molecule has 0 radical (unpaired) electrons. The number of carbonyl (C=O) groups excluding carboxylic acids is 1. The first-order valence-corrected chi connectivity index (χ1v) is 7.68. The largest absolute Gasteiger partial charge is 0.360 e. The van der Waals surface area contributed by atoms with Gasteiger partial charge in [-0.15, -0.1) is 0 Å². The van der Waals surface area contributed by atoms with E-state index in [0.29, 0.717) is 29.0 Å². The first-order chi connectivity index (χ1) is 12.0. The molecule has 8 nitrogen and oxygen atoms in total. The molecule has 0 saturated heterocycles. The fourth-order valence-electron chi connectivity index (χ4n) is 2.25. The highest BCUT2D eigenvalue weighted by Gasteiger charge is 2.07. The van der Waals surface area contributed by atoms with Gasteiger partial charge in [-0.3, -0.25) is 4.79 Å². The molecule has 0 spiro atoms. The van der Waals surface area contributed by atoms with Gasteiger partial charge in [0.05, 0.1) is 0 Å². The minimum absolute atomic E-state index is 0.121. The molecule has 1 aromatic carbocycles. The van der Waals surface area contributed by atoms with Crippen LogP contribution in [0.15, 0.2) is 40.9 Å². The van der Waals surface area contributed by atoms with Gasteiger partial charge in [-0.05, 0) is 32.0 Å². The van der Waals surface area contributed by atoms with Crippen LogP contribution in [0.4, 0.5) is 29.0 Å². The van der Waals surface area contributed by atoms with E-state index < -0.39 is 0 Å². The van der Waals surface area contributed by atoms with E-state index >= 15 is 0 Å². The molecule has 3 rings (SSSR count). The van der Waals surface area contributed by atoms with Crippen molar-refractivity contribution in [1.29, 1.82) is 0 Å². The molecule has 8 heteroatoms. The first kappa shape index (κ1) is 16.4. The van der Waals surface area contributed by atoms with Gasteiger partial charge in [0, 0.05) is 36.1 Å². The zero-order chi connectivity index (χ0) is 17.8. The van der Waals surface area contributed by atoms with E-state index in [9.17, 15) is 4.79 Å². The minimum Gasteiger partial charge on any atom is -0.360 e. The topological polar surface area (TPSA) is 105 Å². The van der Waals surface area contributed by atoms with Crippen molar-refractivity contribution in [2.24, 2.45) is 0 Å². The molecule has 0 aliphatic carbocycles. The van der Waals surface area contributed by atoms with Gasteiger partial charge in [0.15, 0.2) is 5.82 Å². The highest BCUT2D eigenvalue weighted by Crippen LogP contribution is 2.21. The maximum absolute atomic E-state index is 11.2. The van der Waals surface area contributed by atoms with Crippen molar-refractivity contribution in [2.75, 3.05) is 16.0 Å². The number of anilines is 5. The van der Waals surface area contributed by atoms with Gasteiger partial charge < -0.3 is 20.5 Å². The standard InChI is InChI=1S/C17H18N6O2/c1-10-7-15(20-14-6-4-5-13(9-14)19-12(3)24)21-17(18-10)22-16-8-11(2)25-23-16/h4-9H,1-3H3,(H,19,24)(H2,18,20,21,22,23). The lowest BCUT2D eigenvalue weighted by atomic mass is 10.2. The summed E-state index contributed by atoms with van der Waals surface area (Å²) in [5, 5.41) is 12.8. The molecular formula is C17H18N6O2. The lowest BCUT2D eigenvalue weighted by Gasteiger charge is -2.10. The van der Waals surface area contributed by atoms with Crippen LogP contribution in [-0.2, 0) is 4.79 Å². The highest BCUT2D eigenvalue weighted by molar-refractivity contribution is 5.89. The van der Waals surface area contributed by atoms with E-state index in [1.165, 1.54) is 6.92 Å². The van der Waals surface area contributed by atoms with Gasteiger partial charge in [-0.1, -0.05) is 11.2 Å². The maximum Gasteiger partial charge on any atom is 0.230 e. The average Bonchev–Trinajstić information content (AvgIpc) is 2.91. The quantitative estimate of drug-likeness (QED) is 0.653. The zero-order valence-electron chi connectivity index (χ0n) is 14.1. The number of rotatable bonds is 5. The van der Waals surface area contributed by atoms with Crippen LogP contribution in [0.5, 0.6) is 0 Å². The maximum atomic E-state index is 11.2. The third-order valence-corrected chi connectivity index (χ3v) is 3.18. The smallest absolute Gasteiger partial charge is 0.230 e. The molecule has 128 valence electrons. The van der Waals surface area contributed by atoms with Gasteiger partial charge in [0.2, 0.25) is 11.9 Å². The average molecular weight is 338 g/mol. The van der Waals surface area contributed by atoms with Crippen LogP contribution in [0.25, 0.3) is 0 Å². The second-order valence-corrected chi connectivity index (χ2v) is 5.55. The second kappa shape index (κ2) is 7.00. The van der Waals surface area contributed by atoms with E-state index in [1.54, 1.807) is 6.07 Å². The third-order valence-electron chi connectivity index (χ3n) is 3.18. The molecule has 0 fully saturated rings. The molecule has 0 atom stereocenters. The predicted octanol–water partition coefficient (Wildman–Crippen LogP) is 3.53. The van der Waals surface area contributed by atoms with Gasteiger partial charge >= 0.3 is 0 Å². The van der Waals surface area contributed by atoms with Crippen molar-refractivity contribution in [3.8, 4) is 0 Å². The minimum atomic E-state index is -0.121. The summed E-state index contributed by atoms with van der Waals surface area (Å²) in [6.07, 6.45) is 0. The Morgan fingerprint density at radius 2 is 1.80 bits per heavy atom. The lowest BCUT2D eigenvalue weighted by Crippen LogP contribution is -2.06. The van der Waals surface area contributed by atoms with Gasteiger partial charge in [0.1, 0.15) is 11.6 Å². The Morgan fingerprint density at radius 1 is 1.00 bits per heavy atom. The summed E-state index contributed by atoms with van der Waals surface area (Å²) in [6.45, 7) is 5.15. The number of hydrogen-bond donors (Lipinski definition) is 3. The molecule has 2 aromatic heterocycles. The van der Waals surface area contributed by atoms with Crippen LogP contribution in [-0.4, -0.2) is 21.0 Å². The van der Waals surface area contributed by atoms with Crippen molar-refractivity contribution in [3.05, 3.63) is 47.9 Å². The van der Waals surface area contributed by atoms with Crippen LogP contribution in [0.1, 0.15) is 18.4 Å². The predicted molar refractivity (Wildman–Crippen MR) is 95.3 cm³/mol. The molecule has 25 heavy (non-hydrogen) atoms. The van der Waals surface area contributed by atoms with E-state index in [1.807, 2.05) is 44.2 Å². The summed E-state index contributed by atoms with van der Waals surface area (Å²) in [7, 11) is 0. The third kappa shape index (κ3) is 4.54. The van der Waals surface area contributed by atoms with E-state index in [4.69, 9.17) is 4.52 Å². The van der Waals surface area contributed by atoms with Crippen molar-refractivity contribution < 1.29 is 9.32 Å².